The number of rotatable bonds is 2. The lowest BCUT2D eigenvalue weighted by molar-refractivity contribution is 1.50. The van der Waals surface area contributed by atoms with E-state index in [1.165, 1.54) is 0 Å². The van der Waals surface area contributed by atoms with Crippen LogP contribution >= 0.6 is 0 Å². The molecule has 2 aromatic carbocycles. The van der Waals surface area contributed by atoms with Gasteiger partial charge in [-0.25, -0.2) is 0 Å². The summed E-state index contributed by atoms with van der Waals surface area (Å²) in [7, 11) is 0. The molecule has 0 aromatic heterocycles. The molecule has 0 radical (unpaired) electrons. The molecule has 2 nitrogen and oxygen atoms in total. The summed E-state index contributed by atoms with van der Waals surface area (Å²) in [6, 6.07) is 13.7. The first-order chi connectivity index (χ1) is 6.83. The van der Waals surface area contributed by atoms with Crippen LogP contribution < -0.4 is 0 Å². The van der Waals surface area contributed by atoms with Gasteiger partial charge in [-0.15, -0.1) is 0 Å². The Hall–Kier alpha value is -1.96. The van der Waals surface area contributed by atoms with Crippen molar-refractivity contribution in [1.29, 1.82) is 10.8 Å². The van der Waals surface area contributed by atoms with E-state index < -0.39 is 0 Å². The van der Waals surface area contributed by atoms with Gasteiger partial charge in [0.05, 0.1) is 5.71 Å². The number of benzene rings is 2. The fraction of sp³-hybridized carbons (Fsp3) is 0. The van der Waals surface area contributed by atoms with Gasteiger partial charge < -0.3 is 5.41 Å². The van der Waals surface area contributed by atoms with Crippen molar-refractivity contribution < 1.29 is 0 Å². The first-order valence-corrected chi connectivity index (χ1v) is 4.40. The van der Waals surface area contributed by atoms with Gasteiger partial charge in [0.25, 0.3) is 0 Å². The van der Waals surface area contributed by atoms with Crippen molar-refractivity contribution in [3.8, 4) is 0 Å². The summed E-state index contributed by atoms with van der Waals surface area (Å²) >= 11 is 0. The molecular formula is C12H10N2. The van der Waals surface area contributed by atoms with Crippen LogP contribution in [0.1, 0.15) is 5.56 Å². The topological polar surface area (TPSA) is 47.7 Å². The summed E-state index contributed by atoms with van der Waals surface area (Å²) in [5, 5.41) is 16.8. The van der Waals surface area contributed by atoms with Crippen molar-refractivity contribution >= 4 is 22.7 Å². The lowest BCUT2D eigenvalue weighted by atomic mass is 10.0. The van der Waals surface area contributed by atoms with E-state index in [-0.39, 0.29) is 5.71 Å². The molecule has 0 heterocycles. The normalized spacial score (nSPS) is 10.0. The first-order valence-electron chi connectivity index (χ1n) is 4.40. The maximum absolute atomic E-state index is 7.62. The van der Waals surface area contributed by atoms with Gasteiger partial charge in [-0.1, -0.05) is 42.5 Å². The van der Waals surface area contributed by atoms with E-state index in [2.05, 4.69) is 0 Å². The number of fused-ring (bicyclic) bond motifs is 1. The molecule has 0 aliphatic heterocycles. The fourth-order valence-electron chi connectivity index (χ4n) is 1.54. The first kappa shape index (κ1) is 8.63. The Kier molecular flexibility index (Phi) is 2.11. The molecule has 0 spiro atoms. The standard InChI is InChI=1S/C12H10N2/c13-8-12(14)11-7-3-5-9-4-1-2-6-10(9)11/h1-8,13-14H. The Morgan fingerprint density at radius 1 is 1.00 bits per heavy atom. The van der Waals surface area contributed by atoms with E-state index in [9.17, 15) is 0 Å². The van der Waals surface area contributed by atoms with Gasteiger partial charge in [-0.3, -0.25) is 5.41 Å². The Morgan fingerprint density at radius 3 is 2.50 bits per heavy atom. The van der Waals surface area contributed by atoms with Crippen LogP contribution in [-0.2, 0) is 0 Å². The summed E-state index contributed by atoms with van der Waals surface area (Å²) in [5.74, 6) is 0. The average molecular weight is 182 g/mol. The second-order valence-electron chi connectivity index (χ2n) is 3.08. The molecule has 0 saturated carbocycles. The molecule has 2 N–H and O–H groups in total. The quantitative estimate of drug-likeness (QED) is 0.671. The Labute approximate surface area is 82.2 Å². The maximum Gasteiger partial charge on any atom is 0.0793 e. The van der Waals surface area contributed by atoms with Gasteiger partial charge in [-0.2, -0.15) is 0 Å². The van der Waals surface area contributed by atoms with Crippen molar-refractivity contribution in [3.63, 3.8) is 0 Å². The third-order valence-electron chi connectivity index (χ3n) is 2.22. The third-order valence-corrected chi connectivity index (χ3v) is 2.22. The molecule has 0 atom stereocenters. The second-order valence-corrected chi connectivity index (χ2v) is 3.08. The number of hydrogen-bond donors (Lipinski definition) is 2. The number of hydrogen-bond acceptors (Lipinski definition) is 2. The summed E-state index contributed by atoms with van der Waals surface area (Å²) in [4.78, 5) is 0. The predicted octanol–water partition coefficient (Wildman–Crippen LogP) is 2.86. The van der Waals surface area contributed by atoms with Crippen LogP contribution in [0.25, 0.3) is 10.8 Å². The average Bonchev–Trinajstić information content (AvgIpc) is 2.27. The van der Waals surface area contributed by atoms with Crippen molar-refractivity contribution in [2.45, 2.75) is 0 Å². The van der Waals surface area contributed by atoms with Crippen LogP contribution in [0.5, 0.6) is 0 Å². The van der Waals surface area contributed by atoms with Gasteiger partial charge in [0.2, 0.25) is 0 Å². The molecule has 14 heavy (non-hydrogen) atoms. The predicted molar refractivity (Wildman–Crippen MR) is 59.6 cm³/mol. The number of nitrogens with one attached hydrogen (secondary N) is 2. The maximum atomic E-state index is 7.62. The Bertz CT molecular complexity index is 495. The molecule has 2 rings (SSSR count). The molecule has 0 aliphatic carbocycles. The lowest BCUT2D eigenvalue weighted by Crippen LogP contribution is -1.99. The van der Waals surface area contributed by atoms with E-state index in [4.69, 9.17) is 10.8 Å². The Balaban J connectivity index is 2.77. The van der Waals surface area contributed by atoms with Crippen LogP contribution in [0.15, 0.2) is 42.5 Å². The van der Waals surface area contributed by atoms with Crippen LogP contribution in [0.3, 0.4) is 0 Å². The molecule has 0 amide bonds. The lowest BCUT2D eigenvalue weighted by Gasteiger charge is -2.03. The molecule has 68 valence electrons. The molecule has 0 fully saturated rings. The second kappa shape index (κ2) is 3.42. The van der Waals surface area contributed by atoms with E-state index >= 15 is 0 Å². The van der Waals surface area contributed by atoms with Gasteiger partial charge in [-0.05, 0) is 10.8 Å². The molecule has 2 aromatic rings. The molecule has 0 aliphatic rings. The minimum absolute atomic E-state index is 0.252. The van der Waals surface area contributed by atoms with Crippen molar-refractivity contribution in [2.75, 3.05) is 0 Å². The third kappa shape index (κ3) is 1.31. The highest BCUT2D eigenvalue weighted by molar-refractivity contribution is 6.38. The summed E-state index contributed by atoms with van der Waals surface area (Å²) in [6.07, 6.45) is 1.07. The fourth-order valence-corrected chi connectivity index (χ4v) is 1.54. The molecular weight excluding hydrogens is 172 g/mol. The van der Waals surface area contributed by atoms with E-state index in [0.29, 0.717) is 0 Å². The van der Waals surface area contributed by atoms with Crippen LogP contribution in [0.2, 0.25) is 0 Å². The van der Waals surface area contributed by atoms with Gasteiger partial charge in [0.15, 0.2) is 0 Å². The summed E-state index contributed by atoms with van der Waals surface area (Å²) < 4.78 is 0. The molecule has 0 bridgehead atoms. The van der Waals surface area contributed by atoms with Gasteiger partial charge in [0.1, 0.15) is 0 Å². The SMILES string of the molecule is N=CC(=N)c1cccc2ccccc12. The minimum Gasteiger partial charge on any atom is -0.307 e. The van der Waals surface area contributed by atoms with Crippen LogP contribution in [0, 0.1) is 10.8 Å². The zero-order valence-electron chi connectivity index (χ0n) is 7.62. The van der Waals surface area contributed by atoms with E-state index in [1.807, 2.05) is 42.5 Å². The van der Waals surface area contributed by atoms with Gasteiger partial charge >= 0.3 is 0 Å². The summed E-state index contributed by atoms with van der Waals surface area (Å²) in [6.45, 7) is 0. The zero-order valence-corrected chi connectivity index (χ0v) is 7.62. The largest absolute Gasteiger partial charge is 0.307 e. The van der Waals surface area contributed by atoms with Crippen molar-refractivity contribution in [2.24, 2.45) is 0 Å². The van der Waals surface area contributed by atoms with Crippen LogP contribution in [-0.4, -0.2) is 11.9 Å². The van der Waals surface area contributed by atoms with Crippen molar-refractivity contribution in [3.05, 3.63) is 48.0 Å². The highest BCUT2D eigenvalue weighted by Gasteiger charge is 2.02. The molecule has 0 unspecified atom stereocenters. The minimum atomic E-state index is 0.252. The van der Waals surface area contributed by atoms with Crippen molar-refractivity contribution in [1.82, 2.24) is 0 Å². The molecule has 2 heteroatoms. The highest BCUT2D eigenvalue weighted by Crippen LogP contribution is 2.18. The smallest absolute Gasteiger partial charge is 0.0793 e. The monoisotopic (exact) mass is 182 g/mol. The summed E-state index contributed by atoms with van der Waals surface area (Å²) in [5.41, 5.74) is 1.07. The highest BCUT2D eigenvalue weighted by atomic mass is 14.5. The Morgan fingerprint density at radius 2 is 1.71 bits per heavy atom. The van der Waals surface area contributed by atoms with E-state index in [1.54, 1.807) is 0 Å². The van der Waals surface area contributed by atoms with Crippen LogP contribution in [0.4, 0.5) is 0 Å². The van der Waals surface area contributed by atoms with E-state index in [0.717, 1.165) is 22.6 Å². The van der Waals surface area contributed by atoms with Gasteiger partial charge in [0, 0.05) is 11.8 Å². The zero-order chi connectivity index (χ0) is 9.97. The molecule has 0 saturated heterocycles.